The van der Waals surface area contributed by atoms with Crippen LogP contribution in [0, 0.1) is 0 Å². The monoisotopic (exact) mass is 217 g/mol. The van der Waals surface area contributed by atoms with Crippen molar-refractivity contribution in [3.63, 3.8) is 0 Å². The summed E-state index contributed by atoms with van der Waals surface area (Å²) in [5, 5.41) is 0. The first kappa shape index (κ1) is 16.3. The number of hydrogen-bond donors (Lipinski definition) is 1. The van der Waals surface area contributed by atoms with Gasteiger partial charge in [0.2, 0.25) is 0 Å². The Morgan fingerprint density at radius 3 is 1.92 bits per heavy atom. The fourth-order valence-corrected chi connectivity index (χ4v) is 1.51. The Bertz CT molecular complexity index is 194. The van der Waals surface area contributed by atoms with Crippen molar-refractivity contribution in [1.82, 2.24) is 0 Å². The molecule has 0 aliphatic rings. The van der Waals surface area contributed by atoms with E-state index in [1.807, 2.05) is 0 Å². The fourth-order valence-electron chi connectivity index (χ4n) is 0.954. The number of rotatable bonds is 7. The summed E-state index contributed by atoms with van der Waals surface area (Å²) in [6, 6.07) is 0. The largest absolute Gasteiger partial charge is 1.00 e. The average molecular weight is 217 g/mol. The van der Waals surface area contributed by atoms with Gasteiger partial charge in [-0.15, -0.1) is 0 Å². The van der Waals surface area contributed by atoms with Gasteiger partial charge in [-0.1, -0.05) is 19.3 Å². The van der Waals surface area contributed by atoms with Crippen LogP contribution in [0.2, 0.25) is 0 Å². The minimum Gasteiger partial charge on any atom is -0.748 e. The Hall–Kier alpha value is 0.870. The molecule has 0 rings (SSSR count). The van der Waals surface area contributed by atoms with E-state index in [4.69, 9.17) is 5.73 Å². The summed E-state index contributed by atoms with van der Waals surface area (Å²) in [5.41, 5.74) is 5.27. The first-order chi connectivity index (χ1) is 5.56. The van der Waals surface area contributed by atoms with Crippen LogP contribution >= 0.6 is 0 Å². The second-order valence-corrected chi connectivity index (χ2v) is 4.34. The molecular weight excluding hydrogens is 201 g/mol. The summed E-state index contributed by atoms with van der Waals surface area (Å²) in [6.07, 6.45) is 4.25. The molecule has 0 spiro atoms. The zero-order valence-corrected chi connectivity index (χ0v) is 11.0. The Morgan fingerprint density at radius 2 is 1.46 bits per heavy atom. The molecule has 13 heavy (non-hydrogen) atoms. The van der Waals surface area contributed by atoms with Gasteiger partial charge in [-0.2, -0.15) is 0 Å². The quantitative estimate of drug-likeness (QED) is 0.289. The maximum absolute atomic E-state index is 10.1. The molecule has 4 nitrogen and oxygen atoms in total. The average Bonchev–Trinajstić information content (AvgIpc) is 1.94. The van der Waals surface area contributed by atoms with Crippen molar-refractivity contribution < 1.29 is 42.5 Å². The van der Waals surface area contributed by atoms with Gasteiger partial charge >= 0.3 is 29.6 Å². The molecule has 0 aromatic heterocycles. The van der Waals surface area contributed by atoms with Crippen LogP contribution in [0.15, 0.2) is 0 Å². The maximum Gasteiger partial charge on any atom is 1.00 e. The van der Waals surface area contributed by atoms with Crippen LogP contribution in [0.1, 0.15) is 32.1 Å². The van der Waals surface area contributed by atoms with Crippen LogP contribution in [-0.4, -0.2) is 25.3 Å². The van der Waals surface area contributed by atoms with Crippen LogP contribution in [0.4, 0.5) is 0 Å². The smallest absolute Gasteiger partial charge is 0.748 e. The van der Waals surface area contributed by atoms with Gasteiger partial charge in [0.1, 0.15) is 0 Å². The van der Waals surface area contributed by atoms with Crippen LogP contribution in [0.5, 0.6) is 0 Å². The molecule has 0 saturated heterocycles. The molecule has 6 heteroatoms. The SMILES string of the molecule is NCCCCCCCS(=O)(=O)[O-].[Na+]. The Labute approximate surface area is 102 Å². The van der Waals surface area contributed by atoms with Gasteiger partial charge < -0.3 is 10.3 Å². The van der Waals surface area contributed by atoms with Crippen LogP contribution in [0.3, 0.4) is 0 Å². The third kappa shape index (κ3) is 15.6. The van der Waals surface area contributed by atoms with Crippen LogP contribution in [-0.2, 0) is 10.1 Å². The second-order valence-electron chi connectivity index (χ2n) is 2.82. The summed E-state index contributed by atoms with van der Waals surface area (Å²) >= 11 is 0. The second kappa shape index (κ2) is 9.43. The van der Waals surface area contributed by atoms with E-state index in [2.05, 4.69) is 0 Å². The Kier molecular flexibility index (Phi) is 11.8. The van der Waals surface area contributed by atoms with E-state index in [-0.39, 0.29) is 35.3 Å². The molecule has 0 aliphatic heterocycles. The molecule has 0 aromatic rings. The van der Waals surface area contributed by atoms with E-state index in [1.54, 1.807) is 0 Å². The van der Waals surface area contributed by atoms with Crippen LogP contribution < -0.4 is 35.3 Å². The van der Waals surface area contributed by atoms with Crippen molar-refractivity contribution in [2.45, 2.75) is 32.1 Å². The number of hydrogen-bond acceptors (Lipinski definition) is 4. The molecule has 0 bridgehead atoms. The first-order valence-corrected chi connectivity index (χ1v) is 5.77. The standard InChI is InChI=1S/C7H17NO3S.Na/c8-6-4-2-1-3-5-7-12(9,10)11;/h1-8H2,(H,9,10,11);/q;+1/p-1. The summed E-state index contributed by atoms with van der Waals surface area (Å²) in [7, 11) is -3.99. The van der Waals surface area contributed by atoms with E-state index in [0.717, 1.165) is 25.7 Å². The molecule has 0 aromatic carbocycles. The molecule has 0 saturated carbocycles. The third-order valence-corrected chi connectivity index (χ3v) is 2.39. The first-order valence-electron chi connectivity index (χ1n) is 4.20. The van der Waals surface area contributed by atoms with Crippen molar-refractivity contribution in [3.05, 3.63) is 0 Å². The normalized spacial score (nSPS) is 10.9. The van der Waals surface area contributed by atoms with Gasteiger partial charge in [0.05, 0.1) is 10.1 Å². The number of nitrogens with two attached hydrogens (primary N) is 1. The van der Waals surface area contributed by atoms with Crippen molar-refractivity contribution >= 4 is 10.1 Å². The predicted molar refractivity (Wildman–Crippen MR) is 46.7 cm³/mol. The molecule has 0 fully saturated rings. The summed E-state index contributed by atoms with van der Waals surface area (Å²) in [5.74, 6) is -0.227. The topological polar surface area (TPSA) is 83.2 Å². The van der Waals surface area contributed by atoms with E-state index in [9.17, 15) is 13.0 Å². The summed E-state index contributed by atoms with van der Waals surface area (Å²) in [6.45, 7) is 0.680. The number of unbranched alkanes of at least 4 members (excludes halogenated alkanes) is 4. The van der Waals surface area contributed by atoms with Crippen LogP contribution in [0.25, 0.3) is 0 Å². The van der Waals surface area contributed by atoms with Gasteiger partial charge in [0, 0.05) is 5.75 Å². The molecule has 74 valence electrons. The van der Waals surface area contributed by atoms with Gasteiger partial charge in [-0.05, 0) is 19.4 Å². The maximum atomic E-state index is 10.1. The van der Waals surface area contributed by atoms with Crippen molar-refractivity contribution in [2.24, 2.45) is 5.73 Å². The molecule has 0 amide bonds. The van der Waals surface area contributed by atoms with E-state index < -0.39 is 10.1 Å². The molecule has 0 aliphatic carbocycles. The van der Waals surface area contributed by atoms with Crippen molar-refractivity contribution in [3.8, 4) is 0 Å². The Balaban J connectivity index is 0. The van der Waals surface area contributed by atoms with Crippen molar-refractivity contribution in [2.75, 3.05) is 12.3 Å². The summed E-state index contributed by atoms with van der Waals surface area (Å²) < 4.78 is 30.4. The molecule has 0 unspecified atom stereocenters. The third-order valence-electron chi connectivity index (χ3n) is 1.60. The van der Waals surface area contributed by atoms with Gasteiger partial charge in [-0.3, -0.25) is 0 Å². The fraction of sp³-hybridized carbons (Fsp3) is 1.00. The minimum absolute atomic E-state index is 0. The molecule has 0 atom stereocenters. The minimum atomic E-state index is -3.99. The summed E-state index contributed by atoms with van der Waals surface area (Å²) in [4.78, 5) is 0. The van der Waals surface area contributed by atoms with Gasteiger partial charge in [-0.25, -0.2) is 8.42 Å². The molecular formula is C7H16NNaO3S. The predicted octanol–water partition coefficient (Wildman–Crippen LogP) is -2.56. The zero-order chi connectivity index (χ0) is 9.45. The van der Waals surface area contributed by atoms with Gasteiger partial charge in [0.25, 0.3) is 0 Å². The van der Waals surface area contributed by atoms with Crippen molar-refractivity contribution in [1.29, 1.82) is 0 Å². The molecule has 0 radical (unpaired) electrons. The molecule has 0 heterocycles. The van der Waals surface area contributed by atoms with Gasteiger partial charge in [0.15, 0.2) is 0 Å². The molecule has 2 N–H and O–H groups in total. The Morgan fingerprint density at radius 1 is 1.00 bits per heavy atom. The van der Waals surface area contributed by atoms with E-state index in [0.29, 0.717) is 13.0 Å². The van der Waals surface area contributed by atoms with E-state index in [1.165, 1.54) is 0 Å². The van der Waals surface area contributed by atoms with E-state index >= 15 is 0 Å². The zero-order valence-electron chi connectivity index (χ0n) is 8.16.